The topological polar surface area (TPSA) is 67.8 Å². The summed E-state index contributed by atoms with van der Waals surface area (Å²) < 4.78 is 34.9. The van der Waals surface area contributed by atoms with Gasteiger partial charge < -0.3 is 19.9 Å². The molecule has 96 valence electrons. The second kappa shape index (κ2) is 6.59. The summed E-state index contributed by atoms with van der Waals surface area (Å²) in [5.41, 5.74) is 0. The van der Waals surface area contributed by atoms with E-state index >= 15 is 0 Å². The molecule has 0 heterocycles. The highest BCUT2D eigenvalue weighted by molar-refractivity contribution is 5.64. The molecule has 0 rings (SSSR count). The number of ether oxygens (including phenoxy) is 2. The third-order valence-electron chi connectivity index (χ3n) is 2.00. The quantitative estimate of drug-likeness (QED) is 0.665. The van der Waals surface area contributed by atoms with E-state index < -0.39 is 30.8 Å². The summed E-state index contributed by atoms with van der Waals surface area (Å²) >= 11 is 0. The van der Waals surface area contributed by atoms with Crippen LogP contribution in [-0.2, 0) is 9.47 Å². The summed E-state index contributed by atoms with van der Waals surface area (Å²) in [6.07, 6.45) is -2.69. The van der Waals surface area contributed by atoms with Crippen molar-refractivity contribution in [3.8, 4) is 0 Å². The minimum Gasteiger partial charge on any atom is -0.465 e. The first-order valence-electron chi connectivity index (χ1n) is 4.73. The van der Waals surface area contributed by atoms with E-state index in [1.165, 1.54) is 14.2 Å². The average Bonchev–Trinajstić information content (AvgIpc) is 2.13. The summed E-state index contributed by atoms with van der Waals surface area (Å²) in [7, 11) is 2.63. The highest BCUT2D eigenvalue weighted by Crippen LogP contribution is 2.21. The molecule has 0 aromatic heterocycles. The number of halogens is 2. The van der Waals surface area contributed by atoms with Crippen molar-refractivity contribution in [2.45, 2.75) is 38.0 Å². The number of hydrogen-bond donors (Lipinski definition) is 2. The molecular weight excluding hydrogens is 224 g/mol. The lowest BCUT2D eigenvalue weighted by Crippen LogP contribution is -2.45. The zero-order valence-corrected chi connectivity index (χ0v) is 9.50. The molecular formula is C9H17F2NO4. The van der Waals surface area contributed by atoms with Gasteiger partial charge >= 0.3 is 6.09 Å². The van der Waals surface area contributed by atoms with E-state index in [2.05, 4.69) is 5.32 Å². The number of amides is 1. The molecule has 0 aliphatic heterocycles. The molecule has 7 heteroatoms. The van der Waals surface area contributed by atoms with Crippen LogP contribution < -0.4 is 5.32 Å². The van der Waals surface area contributed by atoms with Crippen LogP contribution in [0.5, 0.6) is 0 Å². The maximum atomic E-state index is 12.6. The van der Waals surface area contributed by atoms with Crippen molar-refractivity contribution >= 4 is 6.09 Å². The first-order chi connectivity index (χ1) is 7.30. The summed E-state index contributed by atoms with van der Waals surface area (Å²) in [4.78, 5) is 10.5. The molecule has 5 nitrogen and oxygen atoms in total. The zero-order chi connectivity index (χ0) is 12.8. The molecule has 0 bridgehead atoms. The molecule has 1 amide bonds. The number of hydrogen-bond acceptors (Lipinski definition) is 3. The van der Waals surface area contributed by atoms with Gasteiger partial charge in [0.05, 0.1) is 6.04 Å². The molecule has 0 saturated heterocycles. The highest BCUT2D eigenvalue weighted by Gasteiger charge is 2.28. The lowest BCUT2D eigenvalue weighted by atomic mass is 10.1. The summed E-state index contributed by atoms with van der Waals surface area (Å²) in [6, 6.07) is -0.821. The van der Waals surface area contributed by atoms with Crippen molar-refractivity contribution in [2.75, 3.05) is 14.2 Å². The fraction of sp³-hybridized carbons (Fsp3) is 0.889. The van der Waals surface area contributed by atoms with E-state index in [9.17, 15) is 13.6 Å². The van der Waals surface area contributed by atoms with Crippen LogP contribution in [0.25, 0.3) is 0 Å². The Morgan fingerprint density at radius 2 is 1.94 bits per heavy atom. The Bertz CT molecular complexity index is 216. The monoisotopic (exact) mass is 241 g/mol. The Morgan fingerprint density at radius 1 is 1.44 bits per heavy atom. The van der Waals surface area contributed by atoms with Gasteiger partial charge in [-0.1, -0.05) is 0 Å². The SMILES string of the molecule is COC(OC)[C@H](CCC(C)(F)F)NC(=O)O. The van der Waals surface area contributed by atoms with Gasteiger partial charge in [0.25, 0.3) is 0 Å². The third kappa shape index (κ3) is 6.52. The molecule has 0 radical (unpaired) electrons. The Balaban J connectivity index is 4.36. The first kappa shape index (κ1) is 15.0. The summed E-state index contributed by atoms with van der Waals surface area (Å²) in [6.45, 7) is 0.777. The Labute approximate surface area is 92.7 Å². The van der Waals surface area contributed by atoms with Gasteiger partial charge in [0, 0.05) is 20.6 Å². The second-order valence-electron chi connectivity index (χ2n) is 3.50. The van der Waals surface area contributed by atoms with E-state index in [-0.39, 0.29) is 6.42 Å². The van der Waals surface area contributed by atoms with Crippen LogP contribution >= 0.6 is 0 Å². The van der Waals surface area contributed by atoms with Gasteiger partial charge in [0.2, 0.25) is 5.92 Å². The van der Waals surface area contributed by atoms with Crippen LogP contribution in [0, 0.1) is 0 Å². The maximum absolute atomic E-state index is 12.6. The molecule has 0 spiro atoms. The highest BCUT2D eigenvalue weighted by atomic mass is 19.3. The molecule has 0 aromatic rings. The van der Waals surface area contributed by atoms with Crippen molar-refractivity contribution in [1.82, 2.24) is 5.32 Å². The van der Waals surface area contributed by atoms with Gasteiger partial charge in [-0.2, -0.15) is 0 Å². The summed E-state index contributed by atoms with van der Waals surface area (Å²) in [5.74, 6) is -2.84. The molecule has 16 heavy (non-hydrogen) atoms. The molecule has 0 fully saturated rings. The van der Waals surface area contributed by atoms with Crippen molar-refractivity contribution in [1.29, 1.82) is 0 Å². The van der Waals surface area contributed by atoms with E-state index in [0.29, 0.717) is 0 Å². The lowest BCUT2D eigenvalue weighted by molar-refractivity contribution is -0.126. The molecule has 0 aromatic carbocycles. The molecule has 2 N–H and O–H groups in total. The Kier molecular flexibility index (Phi) is 6.20. The van der Waals surface area contributed by atoms with Gasteiger partial charge in [-0.05, 0) is 13.3 Å². The normalized spacial score (nSPS) is 13.9. The number of methoxy groups -OCH3 is 2. The van der Waals surface area contributed by atoms with Crippen LogP contribution in [-0.4, -0.2) is 43.7 Å². The van der Waals surface area contributed by atoms with Crippen molar-refractivity contribution < 1.29 is 28.2 Å². The predicted octanol–water partition coefficient (Wildman–Crippen LogP) is 1.68. The first-order valence-corrected chi connectivity index (χ1v) is 4.73. The van der Waals surface area contributed by atoms with E-state index in [1.54, 1.807) is 0 Å². The minimum atomic E-state index is -2.84. The predicted molar refractivity (Wildman–Crippen MR) is 52.6 cm³/mol. The van der Waals surface area contributed by atoms with Gasteiger partial charge in [-0.15, -0.1) is 0 Å². The van der Waals surface area contributed by atoms with Gasteiger partial charge in [0.15, 0.2) is 6.29 Å². The molecule has 0 aliphatic rings. The second-order valence-corrected chi connectivity index (χ2v) is 3.50. The van der Waals surface area contributed by atoms with E-state index in [1.807, 2.05) is 0 Å². The fourth-order valence-corrected chi connectivity index (χ4v) is 1.27. The minimum absolute atomic E-state index is 0.0673. The van der Waals surface area contributed by atoms with E-state index in [4.69, 9.17) is 14.6 Å². The van der Waals surface area contributed by atoms with Crippen molar-refractivity contribution in [3.05, 3.63) is 0 Å². The largest absolute Gasteiger partial charge is 0.465 e. The number of nitrogens with one attached hydrogen (secondary N) is 1. The van der Waals surface area contributed by atoms with Gasteiger partial charge in [0.1, 0.15) is 0 Å². The van der Waals surface area contributed by atoms with Crippen molar-refractivity contribution in [2.24, 2.45) is 0 Å². The smallest absolute Gasteiger partial charge is 0.405 e. The van der Waals surface area contributed by atoms with Crippen LogP contribution in [0.2, 0.25) is 0 Å². The van der Waals surface area contributed by atoms with Crippen molar-refractivity contribution in [3.63, 3.8) is 0 Å². The Hall–Kier alpha value is -0.950. The van der Waals surface area contributed by atoms with Gasteiger partial charge in [-0.3, -0.25) is 0 Å². The molecule has 0 saturated carbocycles. The molecule has 0 aliphatic carbocycles. The lowest BCUT2D eigenvalue weighted by Gasteiger charge is -2.25. The number of carboxylic acid groups (broad SMARTS) is 1. The average molecular weight is 241 g/mol. The fourth-order valence-electron chi connectivity index (χ4n) is 1.27. The number of rotatable bonds is 7. The summed E-state index contributed by atoms with van der Waals surface area (Å²) in [5, 5.41) is 10.6. The van der Waals surface area contributed by atoms with Gasteiger partial charge in [-0.25, -0.2) is 13.6 Å². The number of alkyl halides is 2. The van der Waals surface area contributed by atoms with Crippen LogP contribution in [0.3, 0.4) is 0 Å². The maximum Gasteiger partial charge on any atom is 0.405 e. The standard InChI is InChI=1S/C9H17F2NO4/c1-9(10,11)5-4-6(12-8(13)14)7(15-2)16-3/h6-7,12H,4-5H2,1-3H3,(H,13,14)/t6-/m0/s1. The van der Waals surface area contributed by atoms with Crippen LogP contribution in [0.15, 0.2) is 0 Å². The van der Waals surface area contributed by atoms with E-state index in [0.717, 1.165) is 6.92 Å². The molecule has 1 atom stereocenters. The zero-order valence-electron chi connectivity index (χ0n) is 9.50. The van der Waals surface area contributed by atoms with Crippen LogP contribution in [0.1, 0.15) is 19.8 Å². The van der Waals surface area contributed by atoms with Crippen LogP contribution in [0.4, 0.5) is 13.6 Å². The Morgan fingerprint density at radius 3 is 2.25 bits per heavy atom. The molecule has 0 unspecified atom stereocenters. The third-order valence-corrected chi connectivity index (χ3v) is 2.00. The number of carbonyl (C=O) groups is 1.